The van der Waals surface area contributed by atoms with Gasteiger partial charge in [-0.25, -0.2) is 0 Å². The van der Waals surface area contributed by atoms with Crippen molar-refractivity contribution in [3.63, 3.8) is 0 Å². The van der Waals surface area contributed by atoms with E-state index in [-0.39, 0.29) is 0 Å². The molecule has 1 N–H and O–H groups in total. The first-order valence-electron chi connectivity index (χ1n) is 10.5. The fourth-order valence-corrected chi connectivity index (χ4v) is 3.21. The molecule has 3 rings (SSSR count). The van der Waals surface area contributed by atoms with E-state index >= 15 is 0 Å². The Labute approximate surface area is 169 Å². The molecule has 2 nitrogen and oxygen atoms in total. The molecule has 0 bridgehead atoms. The van der Waals surface area contributed by atoms with Gasteiger partial charge in [0.05, 0.1) is 6.61 Å². The number of rotatable bonds is 11. The second kappa shape index (κ2) is 11.2. The van der Waals surface area contributed by atoms with Crippen molar-refractivity contribution >= 4 is 5.69 Å². The van der Waals surface area contributed by atoms with E-state index < -0.39 is 0 Å². The van der Waals surface area contributed by atoms with Crippen molar-refractivity contribution in [3.05, 3.63) is 84.4 Å². The van der Waals surface area contributed by atoms with Gasteiger partial charge in [0.15, 0.2) is 0 Å². The molecule has 3 aromatic rings. The van der Waals surface area contributed by atoms with Crippen molar-refractivity contribution in [2.24, 2.45) is 0 Å². The monoisotopic (exact) mass is 373 g/mol. The lowest BCUT2D eigenvalue weighted by atomic mass is 10.0. The van der Waals surface area contributed by atoms with Crippen LogP contribution in [0.2, 0.25) is 0 Å². The van der Waals surface area contributed by atoms with E-state index in [0.29, 0.717) is 0 Å². The third-order valence-corrected chi connectivity index (χ3v) is 4.93. The molecule has 0 saturated carbocycles. The standard InChI is InChI=1S/C26H31NO/c1-2-3-4-5-9-20-28-26-18-16-25(17-19-26)27-21-22-12-14-24(15-13-22)23-10-7-6-8-11-23/h6-8,10-19,27H,2-5,9,20-21H2,1H3. The highest BCUT2D eigenvalue weighted by atomic mass is 16.5. The normalized spacial score (nSPS) is 10.6. The molecule has 0 fully saturated rings. The summed E-state index contributed by atoms with van der Waals surface area (Å²) in [5.74, 6) is 0.952. The molecule has 0 aliphatic carbocycles. The van der Waals surface area contributed by atoms with Crippen molar-refractivity contribution in [1.29, 1.82) is 0 Å². The third-order valence-electron chi connectivity index (χ3n) is 4.93. The molecule has 3 aromatic carbocycles. The average Bonchev–Trinajstić information content (AvgIpc) is 2.76. The van der Waals surface area contributed by atoms with Crippen LogP contribution in [-0.4, -0.2) is 6.61 Å². The van der Waals surface area contributed by atoms with Crippen LogP contribution >= 0.6 is 0 Å². The van der Waals surface area contributed by atoms with E-state index in [2.05, 4.69) is 72.9 Å². The zero-order valence-corrected chi connectivity index (χ0v) is 16.9. The van der Waals surface area contributed by atoms with E-state index in [1.807, 2.05) is 18.2 Å². The summed E-state index contributed by atoms with van der Waals surface area (Å²) in [6.07, 6.45) is 6.33. The van der Waals surface area contributed by atoms with Crippen LogP contribution in [0.15, 0.2) is 78.9 Å². The minimum Gasteiger partial charge on any atom is -0.494 e. The van der Waals surface area contributed by atoms with Gasteiger partial charge in [0.2, 0.25) is 0 Å². The van der Waals surface area contributed by atoms with E-state index in [1.54, 1.807) is 0 Å². The molecule has 0 saturated heterocycles. The number of anilines is 1. The molecular formula is C26H31NO. The van der Waals surface area contributed by atoms with Crippen molar-refractivity contribution in [2.75, 3.05) is 11.9 Å². The zero-order chi connectivity index (χ0) is 19.4. The molecule has 0 aliphatic heterocycles. The number of hydrogen-bond donors (Lipinski definition) is 1. The zero-order valence-electron chi connectivity index (χ0n) is 16.9. The maximum atomic E-state index is 5.83. The van der Waals surface area contributed by atoms with E-state index in [1.165, 1.54) is 42.4 Å². The van der Waals surface area contributed by atoms with Crippen molar-refractivity contribution in [1.82, 2.24) is 0 Å². The summed E-state index contributed by atoms with van der Waals surface area (Å²) in [6, 6.07) is 27.5. The van der Waals surface area contributed by atoms with Crippen LogP contribution in [-0.2, 0) is 6.54 Å². The fourth-order valence-electron chi connectivity index (χ4n) is 3.21. The first-order valence-corrected chi connectivity index (χ1v) is 10.5. The van der Waals surface area contributed by atoms with Crippen molar-refractivity contribution in [3.8, 4) is 16.9 Å². The van der Waals surface area contributed by atoms with Gasteiger partial charge in [-0.3, -0.25) is 0 Å². The highest BCUT2D eigenvalue weighted by molar-refractivity contribution is 5.63. The summed E-state index contributed by atoms with van der Waals surface area (Å²) in [7, 11) is 0. The van der Waals surface area contributed by atoms with Crippen LogP contribution in [0.1, 0.15) is 44.6 Å². The summed E-state index contributed by atoms with van der Waals surface area (Å²) in [5, 5.41) is 3.48. The number of nitrogens with one attached hydrogen (secondary N) is 1. The SMILES string of the molecule is CCCCCCCOc1ccc(NCc2ccc(-c3ccccc3)cc2)cc1. The second-order valence-electron chi connectivity index (χ2n) is 7.20. The Kier molecular flexibility index (Phi) is 7.99. The second-order valence-corrected chi connectivity index (χ2v) is 7.20. The van der Waals surface area contributed by atoms with Crippen LogP contribution in [0, 0.1) is 0 Å². The topological polar surface area (TPSA) is 21.3 Å². The Balaban J connectivity index is 1.42. The van der Waals surface area contributed by atoms with Gasteiger partial charge in [0.1, 0.15) is 5.75 Å². The summed E-state index contributed by atoms with van der Waals surface area (Å²) in [6.45, 7) is 3.86. The Bertz CT molecular complexity index is 794. The summed E-state index contributed by atoms with van der Waals surface area (Å²) in [5.41, 5.74) is 4.89. The molecule has 0 radical (unpaired) electrons. The van der Waals surface area contributed by atoms with Gasteiger partial charge in [-0.2, -0.15) is 0 Å². The Morgan fingerprint density at radius 1 is 0.679 bits per heavy atom. The largest absolute Gasteiger partial charge is 0.494 e. The highest BCUT2D eigenvalue weighted by Crippen LogP contribution is 2.20. The van der Waals surface area contributed by atoms with Crippen LogP contribution in [0.3, 0.4) is 0 Å². The van der Waals surface area contributed by atoms with Gasteiger partial charge in [-0.15, -0.1) is 0 Å². The Morgan fingerprint density at radius 3 is 2.07 bits per heavy atom. The molecule has 0 spiro atoms. The maximum absolute atomic E-state index is 5.83. The molecule has 0 unspecified atom stereocenters. The Hall–Kier alpha value is -2.74. The summed E-state index contributed by atoms with van der Waals surface area (Å²) >= 11 is 0. The quantitative estimate of drug-likeness (QED) is 0.356. The number of hydrogen-bond acceptors (Lipinski definition) is 2. The number of unbranched alkanes of at least 4 members (excludes halogenated alkanes) is 4. The molecular weight excluding hydrogens is 342 g/mol. The molecule has 146 valence electrons. The first-order chi connectivity index (χ1) is 13.8. The number of benzene rings is 3. The van der Waals surface area contributed by atoms with Crippen LogP contribution < -0.4 is 10.1 Å². The van der Waals surface area contributed by atoms with Crippen LogP contribution in [0.25, 0.3) is 11.1 Å². The van der Waals surface area contributed by atoms with Crippen LogP contribution in [0.4, 0.5) is 5.69 Å². The Morgan fingerprint density at radius 2 is 1.36 bits per heavy atom. The molecule has 0 aromatic heterocycles. The summed E-state index contributed by atoms with van der Waals surface area (Å²) in [4.78, 5) is 0. The van der Waals surface area contributed by atoms with E-state index in [9.17, 15) is 0 Å². The number of ether oxygens (including phenoxy) is 1. The van der Waals surface area contributed by atoms with Crippen LogP contribution in [0.5, 0.6) is 5.75 Å². The predicted molar refractivity (Wildman–Crippen MR) is 120 cm³/mol. The van der Waals surface area contributed by atoms with Gasteiger partial charge >= 0.3 is 0 Å². The van der Waals surface area contributed by atoms with E-state index in [4.69, 9.17) is 4.74 Å². The van der Waals surface area contributed by atoms with Gasteiger partial charge in [0, 0.05) is 12.2 Å². The van der Waals surface area contributed by atoms with Gasteiger partial charge in [-0.05, 0) is 47.4 Å². The molecule has 28 heavy (non-hydrogen) atoms. The average molecular weight is 374 g/mol. The third kappa shape index (κ3) is 6.45. The molecule has 0 heterocycles. The predicted octanol–water partition coefficient (Wildman–Crippen LogP) is 7.31. The molecule has 0 atom stereocenters. The molecule has 2 heteroatoms. The highest BCUT2D eigenvalue weighted by Gasteiger charge is 1.99. The maximum Gasteiger partial charge on any atom is 0.119 e. The fraction of sp³-hybridized carbons (Fsp3) is 0.308. The minimum atomic E-state index is 0.810. The van der Waals surface area contributed by atoms with Gasteiger partial charge < -0.3 is 10.1 Å². The van der Waals surface area contributed by atoms with Crippen molar-refractivity contribution in [2.45, 2.75) is 45.6 Å². The minimum absolute atomic E-state index is 0.810. The van der Waals surface area contributed by atoms with E-state index in [0.717, 1.165) is 31.0 Å². The lowest BCUT2D eigenvalue weighted by Gasteiger charge is -2.10. The molecule has 0 aliphatic rings. The summed E-state index contributed by atoms with van der Waals surface area (Å²) < 4.78 is 5.83. The van der Waals surface area contributed by atoms with Crippen molar-refractivity contribution < 1.29 is 4.74 Å². The lowest BCUT2D eigenvalue weighted by molar-refractivity contribution is 0.304. The lowest BCUT2D eigenvalue weighted by Crippen LogP contribution is -2.00. The van der Waals surface area contributed by atoms with Gasteiger partial charge in [0.25, 0.3) is 0 Å². The molecule has 0 amide bonds. The smallest absolute Gasteiger partial charge is 0.119 e. The first kappa shape index (κ1) is 20.0. The van der Waals surface area contributed by atoms with Gasteiger partial charge in [-0.1, -0.05) is 87.2 Å².